The second-order valence-electron chi connectivity index (χ2n) is 8.23. The lowest BCUT2D eigenvalue weighted by Crippen LogP contribution is -2.50. The van der Waals surface area contributed by atoms with Crippen LogP contribution in [0.15, 0.2) is 65.6 Å². The molecular weight excluding hydrogens is 472 g/mol. The van der Waals surface area contributed by atoms with Crippen molar-refractivity contribution in [1.29, 1.82) is 0 Å². The lowest BCUT2D eigenvalue weighted by molar-refractivity contribution is -0.127. The molecule has 1 fully saturated rings. The fourth-order valence-corrected chi connectivity index (χ4v) is 6.11. The van der Waals surface area contributed by atoms with E-state index in [1.807, 2.05) is 48.5 Å². The molecule has 1 aliphatic rings. The number of halogens is 1. The van der Waals surface area contributed by atoms with Crippen molar-refractivity contribution in [2.75, 3.05) is 26.2 Å². The predicted molar refractivity (Wildman–Crippen MR) is 133 cm³/mol. The Hall–Kier alpha value is -2.94. The van der Waals surface area contributed by atoms with Gasteiger partial charge in [0.15, 0.2) is 0 Å². The fraction of sp³-hybridized carbons (Fsp3) is 0.280. The van der Waals surface area contributed by atoms with Crippen molar-refractivity contribution >= 4 is 33.6 Å². The number of hydrogen-bond acceptors (Lipinski definition) is 4. The molecule has 178 valence electrons. The molecular formula is C25H27ClN4O3S. The molecule has 3 aromatic rings. The predicted octanol–water partition coefficient (Wildman–Crippen LogP) is 3.75. The first-order valence-corrected chi connectivity index (χ1v) is 12.9. The van der Waals surface area contributed by atoms with Crippen LogP contribution in [0, 0.1) is 13.8 Å². The third-order valence-corrected chi connectivity index (χ3v) is 8.45. The molecule has 0 atom stereocenters. The lowest BCUT2D eigenvalue weighted by atomic mass is 10.2. The van der Waals surface area contributed by atoms with Crippen molar-refractivity contribution in [3.05, 3.63) is 88.2 Å². The summed E-state index contributed by atoms with van der Waals surface area (Å²) in [5.74, 6) is -0.167. The first-order chi connectivity index (χ1) is 16.3. The van der Waals surface area contributed by atoms with Crippen LogP contribution in [0.25, 0.3) is 6.08 Å². The SMILES string of the molecule is Cc1nn(Cc2ccccc2)c(C)c1S(=O)(=O)N1CCN(C(=O)C=Cc2ccccc2Cl)CC1. The number of aromatic nitrogens is 2. The Morgan fingerprint density at radius 2 is 1.65 bits per heavy atom. The number of sulfonamides is 1. The summed E-state index contributed by atoms with van der Waals surface area (Å²) in [7, 11) is -3.73. The van der Waals surface area contributed by atoms with Crippen LogP contribution in [-0.2, 0) is 21.4 Å². The van der Waals surface area contributed by atoms with E-state index in [2.05, 4.69) is 5.10 Å². The Labute approximate surface area is 205 Å². The summed E-state index contributed by atoms with van der Waals surface area (Å²) in [6, 6.07) is 17.1. The van der Waals surface area contributed by atoms with Gasteiger partial charge in [-0.1, -0.05) is 60.1 Å². The van der Waals surface area contributed by atoms with Gasteiger partial charge in [0.25, 0.3) is 0 Å². The fourth-order valence-electron chi connectivity index (χ4n) is 4.12. The Kier molecular flexibility index (Phi) is 7.21. The van der Waals surface area contributed by atoms with E-state index >= 15 is 0 Å². The molecule has 1 amide bonds. The Morgan fingerprint density at radius 3 is 2.32 bits per heavy atom. The number of carbonyl (C=O) groups is 1. The standard InChI is InChI=1S/C25H27ClN4O3S/c1-19-25(20(2)30(27-19)18-21-8-4-3-5-9-21)34(32,33)29-16-14-28(15-17-29)24(31)13-12-22-10-6-7-11-23(22)26/h3-13H,14-18H2,1-2H3. The third-order valence-electron chi connectivity index (χ3n) is 5.95. The van der Waals surface area contributed by atoms with Gasteiger partial charge in [0.05, 0.1) is 17.9 Å². The molecule has 4 rings (SSSR count). The van der Waals surface area contributed by atoms with E-state index in [0.717, 1.165) is 11.1 Å². The van der Waals surface area contributed by atoms with Crippen molar-refractivity contribution < 1.29 is 13.2 Å². The highest BCUT2D eigenvalue weighted by Crippen LogP contribution is 2.25. The Balaban J connectivity index is 1.44. The monoisotopic (exact) mass is 498 g/mol. The zero-order valence-corrected chi connectivity index (χ0v) is 20.8. The van der Waals surface area contributed by atoms with Gasteiger partial charge in [0, 0.05) is 37.3 Å². The number of nitrogens with zero attached hydrogens (tertiary/aromatic N) is 4. The molecule has 7 nitrogen and oxygen atoms in total. The molecule has 2 aromatic carbocycles. The van der Waals surface area contributed by atoms with E-state index in [-0.39, 0.29) is 23.9 Å². The normalized spacial score (nSPS) is 15.2. The van der Waals surface area contributed by atoms with Gasteiger partial charge in [-0.3, -0.25) is 9.48 Å². The van der Waals surface area contributed by atoms with Crippen LogP contribution in [-0.4, -0.2) is 59.5 Å². The minimum atomic E-state index is -3.73. The summed E-state index contributed by atoms with van der Waals surface area (Å²) in [6.45, 7) is 5.12. The van der Waals surface area contributed by atoms with Gasteiger partial charge in [0.1, 0.15) is 4.90 Å². The minimum Gasteiger partial charge on any atom is -0.337 e. The highest BCUT2D eigenvalue weighted by molar-refractivity contribution is 7.89. The van der Waals surface area contributed by atoms with E-state index in [4.69, 9.17) is 11.6 Å². The average Bonchev–Trinajstić information content (AvgIpc) is 3.12. The molecule has 0 N–H and O–H groups in total. The number of benzene rings is 2. The van der Waals surface area contributed by atoms with Gasteiger partial charge < -0.3 is 4.90 Å². The van der Waals surface area contributed by atoms with Crippen molar-refractivity contribution in [2.24, 2.45) is 0 Å². The Morgan fingerprint density at radius 1 is 1.00 bits per heavy atom. The van der Waals surface area contributed by atoms with Crippen LogP contribution in [0.3, 0.4) is 0 Å². The summed E-state index contributed by atoms with van der Waals surface area (Å²) in [6.07, 6.45) is 3.16. The summed E-state index contributed by atoms with van der Waals surface area (Å²) in [5, 5.41) is 5.07. The van der Waals surface area contributed by atoms with Gasteiger partial charge in [-0.2, -0.15) is 9.40 Å². The summed E-state index contributed by atoms with van der Waals surface area (Å²) in [5.41, 5.74) is 2.91. The number of amides is 1. The highest BCUT2D eigenvalue weighted by atomic mass is 35.5. The molecule has 0 radical (unpaired) electrons. The second kappa shape index (κ2) is 10.1. The van der Waals surface area contributed by atoms with E-state index in [0.29, 0.717) is 36.0 Å². The van der Waals surface area contributed by atoms with Crippen LogP contribution in [0.2, 0.25) is 5.02 Å². The van der Waals surface area contributed by atoms with Crippen molar-refractivity contribution in [1.82, 2.24) is 19.0 Å². The van der Waals surface area contributed by atoms with Crippen LogP contribution < -0.4 is 0 Å². The molecule has 0 bridgehead atoms. The molecule has 1 aromatic heterocycles. The van der Waals surface area contributed by atoms with Gasteiger partial charge in [-0.25, -0.2) is 8.42 Å². The van der Waals surface area contributed by atoms with Crippen molar-refractivity contribution in [3.8, 4) is 0 Å². The highest BCUT2D eigenvalue weighted by Gasteiger charge is 2.34. The number of hydrogen-bond donors (Lipinski definition) is 0. The summed E-state index contributed by atoms with van der Waals surface area (Å²) < 4.78 is 30.1. The number of piperazine rings is 1. The second-order valence-corrected chi connectivity index (χ2v) is 10.5. The maximum absolute atomic E-state index is 13.5. The van der Waals surface area contributed by atoms with E-state index in [1.165, 1.54) is 10.4 Å². The molecule has 1 aliphatic heterocycles. The van der Waals surface area contributed by atoms with E-state index in [9.17, 15) is 13.2 Å². The van der Waals surface area contributed by atoms with Crippen LogP contribution in [0.4, 0.5) is 0 Å². The van der Waals surface area contributed by atoms with E-state index < -0.39 is 10.0 Å². The van der Waals surface area contributed by atoms with Crippen molar-refractivity contribution in [3.63, 3.8) is 0 Å². The first kappa shape index (κ1) is 24.2. The molecule has 0 saturated carbocycles. The topological polar surface area (TPSA) is 75.5 Å². The molecule has 0 spiro atoms. The molecule has 34 heavy (non-hydrogen) atoms. The number of aryl methyl sites for hydroxylation is 1. The van der Waals surface area contributed by atoms with E-state index in [1.54, 1.807) is 35.6 Å². The first-order valence-electron chi connectivity index (χ1n) is 11.1. The van der Waals surface area contributed by atoms with Gasteiger partial charge >= 0.3 is 0 Å². The zero-order valence-electron chi connectivity index (χ0n) is 19.2. The van der Waals surface area contributed by atoms with Gasteiger partial charge in [0.2, 0.25) is 15.9 Å². The van der Waals surface area contributed by atoms with Crippen LogP contribution in [0.5, 0.6) is 0 Å². The maximum atomic E-state index is 13.5. The van der Waals surface area contributed by atoms with Crippen LogP contribution >= 0.6 is 11.6 Å². The molecule has 0 aliphatic carbocycles. The van der Waals surface area contributed by atoms with Crippen LogP contribution in [0.1, 0.15) is 22.5 Å². The van der Waals surface area contributed by atoms with Gasteiger partial charge in [-0.15, -0.1) is 0 Å². The Bertz CT molecular complexity index is 1310. The average molecular weight is 499 g/mol. The number of rotatable bonds is 6. The quantitative estimate of drug-likeness (QED) is 0.485. The summed E-state index contributed by atoms with van der Waals surface area (Å²) >= 11 is 6.14. The lowest BCUT2D eigenvalue weighted by Gasteiger charge is -2.33. The third kappa shape index (κ3) is 5.09. The maximum Gasteiger partial charge on any atom is 0.246 e. The largest absolute Gasteiger partial charge is 0.337 e. The molecule has 0 unspecified atom stereocenters. The summed E-state index contributed by atoms with van der Waals surface area (Å²) in [4.78, 5) is 14.5. The van der Waals surface area contributed by atoms with Crippen molar-refractivity contribution in [2.45, 2.75) is 25.3 Å². The number of carbonyl (C=O) groups excluding carboxylic acids is 1. The minimum absolute atomic E-state index is 0.167. The zero-order chi connectivity index (χ0) is 24.3. The molecule has 2 heterocycles. The smallest absolute Gasteiger partial charge is 0.246 e. The van der Waals surface area contributed by atoms with Gasteiger partial charge in [-0.05, 0) is 37.1 Å². The molecule has 1 saturated heterocycles. The molecule has 9 heteroatoms.